The summed E-state index contributed by atoms with van der Waals surface area (Å²) in [5.74, 6) is -0.480. The first-order valence-electron chi connectivity index (χ1n) is 9.51. The standard InChI is InChI=1S/C22H23FN2O2/c1-13-2-5-16(21(26)25-17-7-8-17)10-19(13)15-6-9-18(20(23)11-15)22(27)24-12-14-3-4-14/h2,5-6,9-11,14,17H,3-4,7-8,12H2,1H3,(H,24,27)(H,25,26). The van der Waals surface area contributed by atoms with Crippen molar-refractivity contribution in [2.45, 2.75) is 38.6 Å². The SMILES string of the molecule is Cc1ccc(C(=O)NC2CC2)cc1-c1ccc(C(=O)NCC2CC2)c(F)c1. The van der Waals surface area contributed by atoms with Crippen molar-refractivity contribution < 1.29 is 14.0 Å². The Kier molecular flexibility index (Phi) is 4.68. The molecule has 2 aromatic carbocycles. The minimum Gasteiger partial charge on any atom is -0.352 e. The number of carbonyl (C=O) groups is 2. The molecule has 0 atom stereocenters. The lowest BCUT2D eigenvalue weighted by Crippen LogP contribution is -2.26. The van der Waals surface area contributed by atoms with Gasteiger partial charge in [0.2, 0.25) is 0 Å². The Balaban J connectivity index is 1.55. The topological polar surface area (TPSA) is 58.2 Å². The summed E-state index contributed by atoms with van der Waals surface area (Å²) in [6.07, 6.45) is 4.32. The number of carbonyl (C=O) groups excluding carboxylic acids is 2. The highest BCUT2D eigenvalue weighted by molar-refractivity contribution is 5.97. The van der Waals surface area contributed by atoms with Gasteiger partial charge in [0.05, 0.1) is 5.56 Å². The number of nitrogens with one attached hydrogen (secondary N) is 2. The van der Waals surface area contributed by atoms with Gasteiger partial charge in [-0.2, -0.15) is 0 Å². The van der Waals surface area contributed by atoms with Crippen LogP contribution in [-0.2, 0) is 0 Å². The fourth-order valence-corrected chi connectivity index (χ4v) is 3.09. The Hall–Kier alpha value is -2.69. The van der Waals surface area contributed by atoms with Crippen LogP contribution in [0.1, 0.15) is 52.0 Å². The summed E-state index contributed by atoms with van der Waals surface area (Å²) in [5.41, 5.74) is 3.02. The molecule has 2 fully saturated rings. The molecule has 2 aliphatic carbocycles. The van der Waals surface area contributed by atoms with E-state index in [2.05, 4.69) is 10.6 Å². The predicted octanol–water partition coefficient (Wildman–Crippen LogP) is 3.83. The molecule has 4 nitrogen and oxygen atoms in total. The van der Waals surface area contributed by atoms with Crippen molar-refractivity contribution in [3.05, 3.63) is 58.9 Å². The van der Waals surface area contributed by atoms with Crippen LogP contribution in [0.5, 0.6) is 0 Å². The van der Waals surface area contributed by atoms with Crippen molar-refractivity contribution in [2.75, 3.05) is 6.54 Å². The van der Waals surface area contributed by atoms with Gasteiger partial charge in [0, 0.05) is 18.2 Å². The van der Waals surface area contributed by atoms with Crippen molar-refractivity contribution in [2.24, 2.45) is 5.92 Å². The fourth-order valence-electron chi connectivity index (χ4n) is 3.09. The molecule has 2 aliphatic rings. The van der Waals surface area contributed by atoms with E-state index in [1.165, 1.54) is 12.1 Å². The second kappa shape index (κ2) is 7.14. The molecule has 0 radical (unpaired) electrons. The largest absolute Gasteiger partial charge is 0.352 e. The molecule has 140 valence electrons. The Labute approximate surface area is 158 Å². The van der Waals surface area contributed by atoms with Crippen molar-refractivity contribution in [3.63, 3.8) is 0 Å². The van der Waals surface area contributed by atoms with Crippen LogP contribution >= 0.6 is 0 Å². The highest BCUT2D eigenvalue weighted by atomic mass is 19.1. The first kappa shape index (κ1) is 17.7. The maximum absolute atomic E-state index is 14.6. The lowest BCUT2D eigenvalue weighted by atomic mass is 9.96. The lowest BCUT2D eigenvalue weighted by Gasteiger charge is -2.11. The molecular weight excluding hydrogens is 343 g/mol. The molecule has 0 saturated heterocycles. The number of halogens is 1. The first-order valence-corrected chi connectivity index (χ1v) is 9.51. The number of benzene rings is 2. The third-order valence-electron chi connectivity index (χ3n) is 5.19. The minimum absolute atomic E-state index is 0.0553. The van der Waals surface area contributed by atoms with Crippen LogP contribution in [0.4, 0.5) is 4.39 Å². The van der Waals surface area contributed by atoms with E-state index in [1.54, 1.807) is 18.2 Å². The number of aryl methyl sites for hydroxylation is 1. The van der Waals surface area contributed by atoms with Crippen LogP contribution in [-0.4, -0.2) is 24.4 Å². The Morgan fingerprint density at radius 2 is 1.81 bits per heavy atom. The molecule has 0 bridgehead atoms. The molecule has 2 aromatic rings. The van der Waals surface area contributed by atoms with Crippen molar-refractivity contribution in [3.8, 4) is 11.1 Å². The molecule has 27 heavy (non-hydrogen) atoms. The highest BCUT2D eigenvalue weighted by Gasteiger charge is 2.24. The normalized spacial score (nSPS) is 16.1. The van der Waals surface area contributed by atoms with Gasteiger partial charge in [0.25, 0.3) is 11.8 Å². The Bertz CT molecular complexity index is 901. The van der Waals surface area contributed by atoms with Crippen LogP contribution in [0.15, 0.2) is 36.4 Å². The number of hydrogen-bond donors (Lipinski definition) is 2. The molecule has 5 heteroatoms. The Morgan fingerprint density at radius 3 is 2.48 bits per heavy atom. The van der Waals surface area contributed by atoms with E-state index in [0.29, 0.717) is 23.6 Å². The molecule has 2 amide bonds. The summed E-state index contributed by atoms with van der Waals surface area (Å²) in [5, 5.41) is 5.75. The average molecular weight is 366 g/mol. The average Bonchev–Trinajstić information content (AvgIpc) is 3.55. The van der Waals surface area contributed by atoms with Gasteiger partial charge in [-0.05, 0) is 79.5 Å². The van der Waals surface area contributed by atoms with E-state index >= 15 is 0 Å². The van der Waals surface area contributed by atoms with Gasteiger partial charge in [-0.25, -0.2) is 4.39 Å². The van der Waals surface area contributed by atoms with Crippen LogP contribution < -0.4 is 10.6 Å². The van der Waals surface area contributed by atoms with Crippen molar-refractivity contribution in [1.29, 1.82) is 0 Å². The van der Waals surface area contributed by atoms with E-state index in [9.17, 15) is 14.0 Å². The molecule has 0 heterocycles. The van der Waals surface area contributed by atoms with Crippen LogP contribution in [0.25, 0.3) is 11.1 Å². The molecule has 4 rings (SSSR count). The van der Waals surface area contributed by atoms with Crippen molar-refractivity contribution >= 4 is 11.8 Å². The van der Waals surface area contributed by atoms with E-state index in [0.717, 1.165) is 36.8 Å². The van der Waals surface area contributed by atoms with Gasteiger partial charge in [0.15, 0.2) is 0 Å². The minimum atomic E-state index is -0.548. The zero-order chi connectivity index (χ0) is 19.0. The van der Waals surface area contributed by atoms with Gasteiger partial charge in [0.1, 0.15) is 5.82 Å². The quantitative estimate of drug-likeness (QED) is 0.816. The number of amides is 2. The van der Waals surface area contributed by atoms with Gasteiger partial charge < -0.3 is 10.6 Å². The summed E-state index contributed by atoms with van der Waals surface area (Å²) in [6, 6.07) is 10.3. The maximum Gasteiger partial charge on any atom is 0.254 e. The van der Waals surface area contributed by atoms with E-state index < -0.39 is 5.82 Å². The Morgan fingerprint density at radius 1 is 1.04 bits per heavy atom. The maximum atomic E-state index is 14.6. The van der Waals surface area contributed by atoms with Gasteiger partial charge in [-0.3, -0.25) is 9.59 Å². The van der Waals surface area contributed by atoms with Crippen LogP contribution in [0.3, 0.4) is 0 Å². The monoisotopic (exact) mass is 366 g/mol. The summed E-state index contributed by atoms with van der Waals surface area (Å²) in [7, 11) is 0. The van der Waals surface area contributed by atoms with E-state index in [1.807, 2.05) is 13.0 Å². The molecule has 2 saturated carbocycles. The third-order valence-corrected chi connectivity index (χ3v) is 5.19. The fraction of sp³-hybridized carbons (Fsp3) is 0.364. The van der Waals surface area contributed by atoms with E-state index in [4.69, 9.17) is 0 Å². The second-order valence-corrected chi connectivity index (χ2v) is 7.63. The molecule has 0 aliphatic heterocycles. The molecular formula is C22H23FN2O2. The predicted molar refractivity (Wildman–Crippen MR) is 102 cm³/mol. The summed E-state index contributed by atoms with van der Waals surface area (Å²) in [4.78, 5) is 24.5. The molecule has 0 aromatic heterocycles. The van der Waals surface area contributed by atoms with Crippen LogP contribution in [0.2, 0.25) is 0 Å². The zero-order valence-corrected chi connectivity index (χ0v) is 15.3. The molecule has 0 unspecified atom stereocenters. The molecule has 0 spiro atoms. The van der Waals surface area contributed by atoms with Gasteiger partial charge >= 0.3 is 0 Å². The summed E-state index contributed by atoms with van der Waals surface area (Å²) < 4.78 is 14.6. The van der Waals surface area contributed by atoms with E-state index in [-0.39, 0.29) is 23.4 Å². The highest BCUT2D eigenvalue weighted by Crippen LogP contribution is 2.29. The van der Waals surface area contributed by atoms with Crippen molar-refractivity contribution in [1.82, 2.24) is 10.6 Å². The first-order chi connectivity index (χ1) is 13.0. The number of hydrogen-bond acceptors (Lipinski definition) is 2. The third kappa shape index (κ3) is 4.18. The molecule has 2 N–H and O–H groups in total. The smallest absolute Gasteiger partial charge is 0.254 e. The van der Waals surface area contributed by atoms with Crippen LogP contribution in [0, 0.1) is 18.7 Å². The van der Waals surface area contributed by atoms with Gasteiger partial charge in [-0.15, -0.1) is 0 Å². The van der Waals surface area contributed by atoms with Gasteiger partial charge in [-0.1, -0.05) is 12.1 Å². The summed E-state index contributed by atoms with van der Waals surface area (Å²) >= 11 is 0. The zero-order valence-electron chi connectivity index (χ0n) is 15.3. The number of rotatable bonds is 6. The summed E-state index contributed by atoms with van der Waals surface area (Å²) in [6.45, 7) is 2.53. The lowest BCUT2D eigenvalue weighted by molar-refractivity contribution is 0.0941. The second-order valence-electron chi connectivity index (χ2n) is 7.63.